The molecular weight excluding hydrogens is 510 g/mol. The van der Waals surface area contributed by atoms with Gasteiger partial charge in [-0.05, 0) is 77.8 Å². The Kier molecular flexibility index (Phi) is 8.14. The van der Waals surface area contributed by atoms with Crippen molar-refractivity contribution in [3.8, 4) is 23.0 Å². The minimum absolute atomic E-state index is 0.159. The van der Waals surface area contributed by atoms with E-state index in [9.17, 15) is 20.2 Å². The van der Waals surface area contributed by atoms with E-state index in [4.69, 9.17) is 14.2 Å². The van der Waals surface area contributed by atoms with Crippen molar-refractivity contribution >= 4 is 39.2 Å². The maximum atomic E-state index is 11.4. The van der Waals surface area contributed by atoms with Crippen LogP contribution in [0, 0.1) is 20.2 Å². The first-order valence-electron chi connectivity index (χ1n) is 10.2. The predicted octanol–water partition coefficient (Wildman–Crippen LogP) is 6.61. The molecule has 176 valence electrons. The maximum Gasteiger partial charge on any atom is 0.318 e. The summed E-state index contributed by atoms with van der Waals surface area (Å²) in [6.07, 6.45) is 1.64. The van der Waals surface area contributed by atoms with Crippen LogP contribution in [-0.4, -0.2) is 29.3 Å². The van der Waals surface area contributed by atoms with E-state index in [0.717, 1.165) is 23.6 Å². The van der Waals surface area contributed by atoms with Crippen LogP contribution >= 0.6 is 15.9 Å². The highest BCUT2D eigenvalue weighted by molar-refractivity contribution is 9.10. The molecule has 3 aromatic rings. The Labute approximate surface area is 203 Å². The molecule has 3 aromatic carbocycles. The minimum Gasteiger partial charge on any atom is -0.494 e. The SMILES string of the molecule is CCOc1ccc(N=Cc2cc(Br)c(Oc3ccc([N+](=O)[O-])cc3[N+](=O)[O-])c(OCC)c2)cc1. The van der Waals surface area contributed by atoms with Crippen molar-refractivity contribution in [3.05, 3.63) is 84.9 Å². The molecule has 11 heteroatoms. The van der Waals surface area contributed by atoms with Crippen molar-refractivity contribution in [1.82, 2.24) is 0 Å². The van der Waals surface area contributed by atoms with Crippen molar-refractivity contribution in [2.75, 3.05) is 13.2 Å². The Morgan fingerprint density at radius 2 is 1.62 bits per heavy atom. The molecule has 0 saturated heterocycles. The molecule has 0 amide bonds. The summed E-state index contributed by atoms with van der Waals surface area (Å²) in [5.74, 6) is 1.10. The van der Waals surface area contributed by atoms with Crippen LogP contribution < -0.4 is 14.2 Å². The van der Waals surface area contributed by atoms with E-state index in [-0.39, 0.29) is 11.5 Å². The van der Waals surface area contributed by atoms with Gasteiger partial charge < -0.3 is 14.2 Å². The number of nitro groups is 2. The number of aliphatic imine (C=N–C) groups is 1. The fourth-order valence-electron chi connectivity index (χ4n) is 2.93. The number of halogens is 1. The second-order valence-electron chi connectivity index (χ2n) is 6.72. The Bertz CT molecular complexity index is 1230. The normalized spacial score (nSPS) is 10.8. The van der Waals surface area contributed by atoms with E-state index in [1.165, 1.54) is 6.07 Å². The summed E-state index contributed by atoms with van der Waals surface area (Å²) in [7, 11) is 0. The summed E-state index contributed by atoms with van der Waals surface area (Å²) in [4.78, 5) is 25.4. The molecule has 10 nitrogen and oxygen atoms in total. The fourth-order valence-corrected chi connectivity index (χ4v) is 3.47. The Balaban J connectivity index is 1.92. The fraction of sp³-hybridized carbons (Fsp3) is 0.174. The van der Waals surface area contributed by atoms with Crippen molar-refractivity contribution in [1.29, 1.82) is 0 Å². The second-order valence-corrected chi connectivity index (χ2v) is 7.57. The van der Waals surface area contributed by atoms with E-state index < -0.39 is 21.2 Å². The van der Waals surface area contributed by atoms with Gasteiger partial charge in [-0.1, -0.05) is 0 Å². The van der Waals surface area contributed by atoms with Crippen LogP contribution in [0.3, 0.4) is 0 Å². The molecule has 34 heavy (non-hydrogen) atoms. The van der Waals surface area contributed by atoms with Crippen molar-refractivity contribution in [2.45, 2.75) is 13.8 Å². The van der Waals surface area contributed by atoms with Gasteiger partial charge in [0.1, 0.15) is 5.75 Å². The lowest BCUT2D eigenvalue weighted by Crippen LogP contribution is -2.00. The first-order chi connectivity index (χ1) is 16.3. The van der Waals surface area contributed by atoms with Crippen LogP contribution in [0.2, 0.25) is 0 Å². The molecule has 3 rings (SSSR count). The average Bonchev–Trinajstić information content (AvgIpc) is 2.81. The highest BCUT2D eigenvalue weighted by Crippen LogP contribution is 2.43. The molecule has 0 heterocycles. The summed E-state index contributed by atoms with van der Waals surface area (Å²) in [6.45, 7) is 4.58. The summed E-state index contributed by atoms with van der Waals surface area (Å²) in [5, 5.41) is 22.4. The Hall–Kier alpha value is -3.99. The Morgan fingerprint density at radius 1 is 0.912 bits per heavy atom. The van der Waals surface area contributed by atoms with E-state index in [0.29, 0.717) is 29.0 Å². The third kappa shape index (κ3) is 6.07. The summed E-state index contributed by atoms with van der Waals surface area (Å²) >= 11 is 3.42. The van der Waals surface area contributed by atoms with Crippen molar-refractivity contribution in [3.63, 3.8) is 0 Å². The van der Waals surface area contributed by atoms with Gasteiger partial charge in [0, 0.05) is 12.3 Å². The lowest BCUT2D eigenvalue weighted by atomic mass is 10.2. The van der Waals surface area contributed by atoms with Crippen molar-refractivity contribution < 1.29 is 24.1 Å². The van der Waals surface area contributed by atoms with Gasteiger partial charge in [-0.15, -0.1) is 0 Å². The highest BCUT2D eigenvalue weighted by Gasteiger charge is 2.23. The number of nitro benzene ring substituents is 2. The monoisotopic (exact) mass is 529 g/mol. The zero-order valence-corrected chi connectivity index (χ0v) is 19.9. The molecule has 0 saturated carbocycles. The maximum absolute atomic E-state index is 11.4. The number of hydrogen-bond donors (Lipinski definition) is 0. The predicted molar refractivity (Wildman–Crippen MR) is 130 cm³/mol. The van der Waals surface area contributed by atoms with Gasteiger partial charge in [-0.25, -0.2) is 0 Å². The largest absolute Gasteiger partial charge is 0.494 e. The highest BCUT2D eigenvalue weighted by atomic mass is 79.9. The number of hydrogen-bond acceptors (Lipinski definition) is 8. The summed E-state index contributed by atoms with van der Waals surface area (Å²) in [5.41, 5.74) is 0.461. The van der Waals surface area contributed by atoms with Gasteiger partial charge in [-0.3, -0.25) is 25.2 Å². The smallest absolute Gasteiger partial charge is 0.318 e. The number of benzene rings is 3. The third-order valence-corrected chi connectivity index (χ3v) is 4.99. The minimum atomic E-state index is -0.742. The lowest BCUT2D eigenvalue weighted by Gasteiger charge is -2.14. The molecule has 0 aromatic heterocycles. The molecule has 0 unspecified atom stereocenters. The van der Waals surface area contributed by atoms with Gasteiger partial charge in [0.15, 0.2) is 11.5 Å². The zero-order valence-electron chi connectivity index (χ0n) is 18.3. The van der Waals surface area contributed by atoms with Crippen LogP contribution in [-0.2, 0) is 0 Å². The van der Waals surface area contributed by atoms with Gasteiger partial charge in [0.2, 0.25) is 5.75 Å². The number of ether oxygens (including phenoxy) is 3. The van der Waals surface area contributed by atoms with E-state index in [1.54, 1.807) is 25.3 Å². The van der Waals surface area contributed by atoms with Gasteiger partial charge in [0.25, 0.3) is 5.69 Å². The number of non-ortho nitro benzene ring substituents is 1. The molecule has 0 spiro atoms. The first-order valence-corrected chi connectivity index (χ1v) is 11.0. The molecule has 0 atom stereocenters. The molecule has 0 fully saturated rings. The molecule has 0 bridgehead atoms. The number of rotatable bonds is 10. The summed E-state index contributed by atoms with van der Waals surface area (Å²) in [6, 6.07) is 13.9. The van der Waals surface area contributed by atoms with Crippen molar-refractivity contribution in [2.24, 2.45) is 4.99 Å². The third-order valence-electron chi connectivity index (χ3n) is 4.40. The average molecular weight is 530 g/mol. The molecule has 0 radical (unpaired) electrons. The molecule has 0 aliphatic carbocycles. The van der Waals surface area contributed by atoms with Gasteiger partial charge in [0.05, 0.1) is 39.3 Å². The van der Waals surface area contributed by atoms with Crippen LogP contribution in [0.15, 0.2) is 64.1 Å². The van der Waals surface area contributed by atoms with Gasteiger partial charge >= 0.3 is 5.69 Å². The van der Waals surface area contributed by atoms with E-state index >= 15 is 0 Å². The first kappa shape index (κ1) is 24.6. The van der Waals surface area contributed by atoms with Crippen LogP contribution in [0.5, 0.6) is 23.0 Å². The molecule has 0 aliphatic rings. The van der Waals surface area contributed by atoms with E-state index in [2.05, 4.69) is 20.9 Å². The number of nitrogens with zero attached hydrogens (tertiary/aromatic N) is 3. The topological polar surface area (TPSA) is 126 Å². The Morgan fingerprint density at radius 3 is 2.24 bits per heavy atom. The van der Waals surface area contributed by atoms with Crippen LogP contribution in [0.4, 0.5) is 17.1 Å². The molecule has 0 aliphatic heterocycles. The second kappa shape index (κ2) is 11.2. The quantitative estimate of drug-likeness (QED) is 0.164. The van der Waals surface area contributed by atoms with E-state index in [1.807, 2.05) is 31.2 Å². The van der Waals surface area contributed by atoms with Gasteiger partial charge in [-0.2, -0.15) is 0 Å². The zero-order chi connectivity index (χ0) is 24.7. The standard InChI is InChI=1S/C23H20BrN3O7/c1-3-32-18-8-5-16(6-9-18)25-14-15-11-19(24)23(22(12-15)33-4-2)34-21-10-7-17(26(28)29)13-20(21)27(30)31/h5-14H,3-4H2,1-2H3. The summed E-state index contributed by atoms with van der Waals surface area (Å²) < 4.78 is 17.3. The molecular formula is C23H20BrN3O7. The molecule has 0 N–H and O–H groups in total. The lowest BCUT2D eigenvalue weighted by molar-refractivity contribution is -0.394. The van der Waals surface area contributed by atoms with Crippen LogP contribution in [0.25, 0.3) is 0 Å². The van der Waals surface area contributed by atoms with Crippen LogP contribution in [0.1, 0.15) is 19.4 Å².